The molecule has 2 aliphatic rings. The molecule has 36 heavy (non-hydrogen) atoms. The number of ether oxygens (including phenoxy) is 1. The lowest BCUT2D eigenvalue weighted by molar-refractivity contribution is -0.132. The second-order valence-electron chi connectivity index (χ2n) is 9.50. The number of pyridine rings is 1. The molecule has 0 radical (unpaired) electrons. The van der Waals surface area contributed by atoms with Crippen LogP contribution in [0.1, 0.15) is 24.8 Å². The average Bonchev–Trinajstić information content (AvgIpc) is 3.31. The van der Waals surface area contributed by atoms with Crippen LogP contribution in [0, 0.1) is 11.3 Å². The molecule has 0 saturated carbocycles. The molecule has 0 unspecified atom stereocenters. The molecule has 3 heterocycles. The fourth-order valence-electron chi connectivity index (χ4n) is 5.04. The first kappa shape index (κ1) is 24.0. The first-order chi connectivity index (χ1) is 17.6. The second-order valence-corrected chi connectivity index (χ2v) is 9.50. The summed E-state index contributed by atoms with van der Waals surface area (Å²) in [6, 6.07) is 19.7. The number of likely N-dealkylation sites (tertiary alicyclic amines) is 2. The van der Waals surface area contributed by atoms with Gasteiger partial charge in [0.1, 0.15) is 30.1 Å². The minimum absolute atomic E-state index is 0.0290. The maximum atomic E-state index is 13.7. The number of nitriles is 1. The Morgan fingerprint density at radius 3 is 2.72 bits per heavy atom. The summed E-state index contributed by atoms with van der Waals surface area (Å²) < 4.78 is 19.8. The number of hydrogen-bond donors (Lipinski definition) is 1. The zero-order chi connectivity index (χ0) is 24.9. The number of amides is 1. The van der Waals surface area contributed by atoms with E-state index in [-0.39, 0.29) is 31.5 Å². The van der Waals surface area contributed by atoms with Crippen molar-refractivity contribution in [1.82, 2.24) is 14.8 Å². The molecule has 8 heteroatoms. The third-order valence-corrected chi connectivity index (χ3v) is 7.00. The van der Waals surface area contributed by atoms with Gasteiger partial charge in [0.2, 0.25) is 5.91 Å². The van der Waals surface area contributed by atoms with Crippen molar-refractivity contribution in [3.05, 3.63) is 66.4 Å². The lowest BCUT2D eigenvalue weighted by Crippen LogP contribution is -2.46. The number of piperidine rings is 1. The highest BCUT2D eigenvalue weighted by Gasteiger charge is 2.36. The van der Waals surface area contributed by atoms with Crippen LogP contribution in [0.3, 0.4) is 0 Å². The van der Waals surface area contributed by atoms with Crippen LogP contribution in [0.4, 0.5) is 10.1 Å². The van der Waals surface area contributed by atoms with Crippen LogP contribution in [-0.4, -0.2) is 65.1 Å². The van der Waals surface area contributed by atoms with Crippen molar-refractivity contribution in [3.8, 4) is 11.8 Å². The number of benzene rings is 2. The van der Waals surface area contributed by atoms with E-state index in [0.717, 1.165) is 53.8 Å². The zero-order valence-electron chi connectivity index (χ0n) is 20.1. The maximum absolute atomic E-state index is 13.7. The van der Waals surface area contributed by atoms with Gasteiger partial charge in [0.15, 0.2) is 0 Å². The highest BCUT2D eigenvalue weighted by molar-refractivity contribution is 5.95. The minimum Gasteiger partial charge on any atom is -0.487 e. The topological polar surface area (TPSA) is 81.5 Å². The summed E-state index contributed by atoms with van der Waals surface area (Å²) in [5.41, 5.74) is 2.94. The monoisotopic (exact) mass is 487 g/mol. The standard InChI is InChI=1S/C28H30FN5O2/c29-21-15-23(16-30)34(17-21)27(35)18-33-13-10-22(11-14-33)32-25-8-9-26(28-24(25)7-4-12-31-28)36-19-20-5-2-1-3-6-20/h1-9,12,21-23,32H,10-11,13-15,17-19H2/t21-,23-/m0/s1. The summed E-state index contributed by atoms with van der Waals surface area (Å²) in [5.74, 6) is 0.595. The van der Waals surface area contributed by atoms with Gasteiger partial charge in [0, 0.05) is 42.8 Å². The lowest BCUT2D eigenvalue weighted by atomic mass is 10.0. The summed E-state index contributed by atoms with van der Waals surface area (Å²) >= 11 is 0. The third kappa shape index (κ3) is 5.42. The largest absolute Gasteiger partial charge is 0.487 e. The number of nitrogens with zero attached hydrogens (tertiary/aromatic N) is 4. The molecule has 5 rings (SSSR count). The van der Waals surface area contributed by atoms with Crippen LogP contribution in [0.25, 0.3) is 10.9 Å². The number of alkyl halides is 1. The smallest absolute Gasteiger partial charge is 0.237 e. The van der Waals surface area contributed by atoms with Crippen molar-refractivity contribution < 1.29 is 13.9 Å². The van der Waals surface area contributed by atoms with Gasteiger partial charge in [-0.25, -0.2) is 4.39 Å². The van der Waals surface area contributed by atoms with Gasteiger partial charge >= 0.3 is 0 Å². The van der Waals surface area contributed by atoms with Crippen molar-refractivity contribution in [2.24, 2.45) is 0 Å². The summed E-state index contributed by atoms with van der Waals surface area (Å²) in [6.07, 6.45) is 2.56. The molecule has 2 fully saturated rings. The molecule has 2 saturated heterocycles. The number of hydrogen-bond acceptors (Lipinski definition) is 6. The molecule has 2 aromatic carbocycles. The van der Waals surface area contributed by atoms with Crippen LogP contribution >= 0.6 is 0 Å². The van der Waals surface area contributed by atoms with Gasteiger partial charge in [-0.3, -0.25) is 14.7 Å². The number of carbonyl (C=O) groups is 1. The number of halogens is 1. The minimum atomic E-state index is -1.10. The number of nitrogens with one attached hydrogen (secondary N) is 1. The molecule has 2 atom stereocenters. The highest BCUT2D eigenvalue weighted by Crippen LogP contribution is 2.32. The van der Waals surface area contributed by atoms with Gasteiger partial charge in [-0.2, -0.15) is 5.26 Å². The van der Waals surface area contributed by atoms with Crippen molar-refractivity contribution >= 4 is 22.5 Å². The van der Waals surface area contributed by atoms with Gasteiger partial charge in [-0.15, -0.1) is 0 Å². The normalized spacial score (nSPS) is 20.8. The van der Waals surface area contributed by atoms with E-state index < -0.39 is 12.2 Å². The van der Waals surface area contributed by atoms with Gasteiger partial charge < -0.3 is 15.0 Å². The predicted molar refractivity (Wildman–Crippen MR) is 136 cm³/mol. The molecule has 7 nitrogen and oxygen atoms in total. The van der Waals surface area contributed by atoms with E-state index in [4.69, 9.17) is 4.74 Å². The van der Waals surface area contributed by atoms with E-state index in [9.17, 15) is 14.4 Å². The van der Waals surface area contributed by atoms with Crippen molar-refractivity contribution in [3.63, 3.8) is 0 Å². The third-order valence-electron chi connectivity index (χ3n) is 7.00. The van der Waals surface area contributed by atoms with Gasteiger partial charge in [-0.05, 0) is 42.7 Å². The molecule has 2 aliphatic heterocycles. The van der Waals surface area contributed by atoms with Gasteiger partial charge in [0.05, 0.1) is 19.2 Å². The Hall–Kier alpha value is -3.70. The van der Waals surface area contributed by atoms with Crippen molar-refractivity contribution in [1.29, 1.82) is 5.26 Å². The van der Waals surface area contributed by atoms with E-state index in [0.29, 0.717) is 6.61 Å². The SMILES string of the molecule is N#C[C@@H]1C[C@H](F)CN1C(=O)CN1CCC(Nc2ccc(OCc3ccccc3)c3ncccc23)CC1. The van der Waals surface area contributed by atoms with E-state index in [1.807, 2.05) is 54.6 Å². The Bertz CT molecular complexity index is 1240. The maximum Gasteiger partial charge on any atom is 0.237 e. The molecule has 1 N–H and O–H groups in total. The fourth-order valence-corrected chi connectivity index (χ4v) is 5.04. The van der Waals surface area contributed by atoms with Gasteiger partial charge in [-0.1, -0.05) is 30.3 Å². The summed E-state index contributed by atoms with van der Waals surface area (Å²) in [4.78, 5) is 20.7. The highest BCUT2D eigenvalue weighted by atomic mass is 19.1. The van der Waals surface area contributed by atoms with E-state index >= 15 is 0 Å². The molecular formula is C28H30FN5O2. The molecular weight excluding hydrogens is 457 g/mol. The Morgan fingerprint density at radius 2 is 1.94 bits per heavy atom. The number of carbonyl (C=O) groups excluding carboxylic acids is 1. The van der Waals surface area contributed by atoms with Gasteiger partial charge in [0.25, 0.3) is 0 Å². The number of fused-ring (bicyclic) bond motifs is 1. The predicted octanol–water partition coefficient (Wildman–Crippen LogP) is 4.15. The van der Waals surface area contributed by atoms with Crippen LogP contribution in [-0.2, 0) is 11.4 Å². The molecule has 0 bridgehead atoms. The Morgan fingerprint density at radius 1 is 1.14 bits per heavy atom. The number of aromatic nitrogens is 1. The molecule has 186 valence electrons. The first-order valence-electron chi connectivity index (χ1n) is 12.5. The molecule has 0 aliphatic carbocycles. The quantitative estimate of drug-likeness (QED) is 0.539. The molecule has 1 amide bonds. The van der Waals surface area contributed by atoms with Crippen molar-refractivity contribution in [2.45, 2.75) is 44.1 Å². The van der Waals surface area contributed by atoms with Crippen LogP contribution in [0.2, 0.25) is 0 Å². The summed E-state index contributed by atoms with van der Waals surface area (Å²) in [7, 11) is 0. The average molecular weight is 488 g/mol. The molecule has 1 aromatic heterocycles. The molecule has 3 aromatic rings. The van der Waals surface area contributed by atoms with Crippen LogP contribution < -0.4 is 10.1 Å². The summed E-state index contributed by atoms with van der Waals surface area (Å²) in [6.45, 7) is 2.28. The molecule has 0 spiro atoms. The number of rotatable bonds is 7. The van der Waals surface area contributed by atoms with E-state index in [2.05, 4.69) is 21.3 Å². The van der Waals surface area contributed by atoms with Crippen LogP contribution in [0.5, 0.6) is 5.75 Å². The summed E-state index contributed by atoms with van der Waals surface area (Å²) in [5, 5.41) is 13.9. The van der Waals surface area contributed by atoms with E-state index in [1.54, 1.807) is 6.20 Å². The van der Waals surface area contributed by atoms with Crippen molar-refractivity contribution in [2.75, 3.05) is 31.5 Å². The Labute approximate surface area is 210 Å². The Balaban J connectivity index is 1.18. The lowest BCUT2D eigenvalue weighted by Gasteiger charge is -2.33. The fraction of sp³-hybridized carbons (Fsp3) is 0.393. The Kier molecular flexibility index (Phi) is 7.28. The second kappa shape index (κ2) is 10.9. The first-order valence-corrected chi connectivity index (χ1v) is 12.5. The number of anilines is 1. The zero-order valence-corrected chi connectivity index (χ0v) is 20.1. The van der Waals surface area contributed by atoms with Crippen LogP contribution in [0.15, 0.2) is 60.8 Å². The van der Waals surface area contributed by atoms with E-state index in [1.165, 1.54) is 4.90 Å².